The van der Waals surface area contributed by atoms with Crippen LogP contribution in [0.1, 0.15) is 74.1 Å². The second-order valence-corrected chi connectivity index (χ2v) is 8.34. The summed E-state index contributed by atoms with van der Waals surface area (Å²) in [5, 5.41) is 3.85. The Morgan fingerprint density at radius 2 is 1.86 bits per heavy atom. The van der Waals surface area contributed by atoms with Crippen molar-refractivity contribution in [2.45, 2.75) is 64.3 Å². The van der Waals surface area contributed by atoms with Crippen molar-refractivity contribution < 1.29 is 4.74 Å². The Balaban J connectivity index is 1.48. The highest BCUT2D eigenvalue weighted by atomic mass is 16.5. The van der Waals surface area contributed by atoms with Crippen LogP contribution in [0.2, 0.25) is 0 Å². The Morgan fingerprint density at radius 1 is 1.00 bits per heavy atom. The second kappa shape index (κ2) is 8.86. The summed E-state index contributed by atoms with van der Waals surface area (Å²) in [6.45, 7) is 5.30. The number of hydrogen-bond donors (Lipinski definition) is 1. The van der Waals surface area contributed by atoms with Crippen molar-refractivity contribution in [3.05, 3.63) is 71.3 Å². The molecule has 0 aromatic heterocycles. The molecule has 3 atom stereocenters. The zero-order chi connectivity index (χ0) is 19.3. The van der Waals surface area contributed by atoms with Gasteiger partial charge in [-0.3, -0.25) is 0 Å². The van der Waals surface area contributed by atoms with E-state index in [-0.39, 0.29) is 0 Å². The molecule has 0 radical (unpaired) electrons. The SMILES string of the molecule is CCCCCCCOc1ccc2c(c1)C1C=CCC1C(c1ccccc1C)N2. The van der Waals surface area contributed by atoms with Gasteiger partial charge < -0.3 is 10.1 Å². The molecule has 0 amide bonds. The predicted molar refractivity (Wildman–Crippen MR) is 118 cm³/mol. The normalized spacial score (nSPS) is 22.4. The number of nitrogens with one attached hydrogen (secondary N) is 1. The smallest absolute Gasteiger partial charge is 0.119 e. The highest BCUT2D eigenvalue weighted by Gasteiger charge is 2.38. The molecular weight excluding hydrogens is 342 g/mol. The quantitative estimate of drug-likeness (QED) is 0.390. The number of allylic oxidation sites excluding steroid dienone is 2. The number of ether oxygens (including phenoxy) is 1. The summed E-state index contributed by atoms with van der Waals surface area (Å²) in [7, 11) is 0. The van der Waals surface area contributed by atoms with Crippen LogP contribution in [-0.2, 0) is 0 Å². The highest BCUT2D eigenvalue weighted by molar-refractivity contribution is 5.62. The molecule has 2 heteroatoms. The van der Waals surface area contributed by atoms with Crippen molar-refractivity contribution >= 4 is 5.69 Å². The van der Waals surface area contributed by atoms with Crippen LogP contribution in [0.25, 0.3) is 0 Å². The van der Waals surface area contributed by atoms with E-state index in [0.29, 0.717) is 17.9 Å². The third kappa shape index (κ3) is 3.97. The summed E-state index contributed by atoms with van der Waals surface area (Å²) in [5.41, 5.74) is 5.46. The first kappa shape index (κ1) is 19.1. The molecule has 2 aliphatic rings. The number of aryl methyl sites for hydroxylation is 1. The minimum Gasteiger partial charge on any atom is -0.494 e. The molecule has 0 fully saturated rings. The molecule has 2 aromatic rings. The van der Waals surface area contributed by atoms with Crippen molar-refractivity contribution in [3.63, 3.8) is 0 Å². The molecule has 0 spiro atoms. The molecule has 1 aliphatic heterocycles. The molecular formula is C26H33NO. The molecule has 3 unspecified atom stereocenters. The fourth-order valence-electron chi connectivity index (χ4n) is 4.80. The van der Waals surface area contributed by atoms with E-state index in [2.05, 4.69) is 73.8 Å². The van der Waals surface area contributed by atoms with Gasteiger partial charge in [0.2, 0.25) is 0 Å². The Hall–Kier alpha value is -2.22. The molecule has 4 rings (SSSR count). The number of fused-ring (bicyclic) bond motifs is 3. The highest BCUT2D eigenvalue weighted by Crippen LogP contribution is 2.50. The number of anilines is 1. The van der Waals surface area contributed by atoms with Gasteiger partial charge in [-0.25, -0.2) is 0 Å². The molecule has 0 saturated carbocycles. The van der Waals surface area contributed by atoms with Gasteiger partial charge in [0.15, 0.2) is 0 Å². The minimum atomic E-state index is 0.374. The van der Waals surface area contributed by atoms with Crippen LogP contribution >= 0.6 is 0 Å². The largest absolute Gasteiger partial charge is 0.494 e. The summed E-state index contributed by atoms with van der Waals surface area (Å²) in [6.07, 6.45) is 12.3. The Bertz CT molecular complexity index is 825. The third-order valence-electron chi connectivity index (χ3n) is 6.37. The van der Waals surface area contributed by atoms with E-state index in [0.717, 1.165) is 25.2 Å². The van der Waals surface area contributed by atoms with Crippen LogP contribution in [0.15, 0.2) is 54.6 Å². The van der Waals surface area contributed by atoms with E-state index in [1.165, 1.54) is 48.1 Å². The Kier molecular flexibility index (Phi) is 6.04. The van der Waals surface area contributed by atoms with Crippen molar-refractivity contribution in [1.29, 1.82) is 0 Å². The van der Waals surface area contributed by atoms with Crippen molar-refractivity contribution in [1.82, 2.24) is 0 Å². The van der Waals surface area contributed by atoms with Crippen LogP contribution in [0.5, 0.6) is 5.75 Å². The zero-order valence-corrected chi connectivity index (χ0v) is 17.3. The van der Waals surface area contributed by atoms with E-state index in [4.69, 9.17) is 4.74 Å². The first-order valence-corrected chi connectivity index (χ1v) is 11.0. The Labute approximate surface area is 170 Å². The predicted octanol–water partition coefficient (Wildman–Crippen LogP) is 7.17. The molecule has 28 heavy (non-hydrogen) atoms. The van der Waals surface area contributed by atoms with Crippen LogP contribution in [-0.4, -0.2) is 6.61 Å². The maximum absolute atomic E-state index is 6.08. The lowest BCUT2D eigenvalue weighted by Gasteiger charge is -2.38. The van der Waals surface area contributed by atoms with Crippen molar-refractivity contribution in [2.75, 3.05) is 11.9 Å². The summed E-state index contributed by atoms with van der Waals surface area (Å²) < 4.78 is 6.08. The molecule has 2 aromatic carbocycles. The molecule has 1 heterocycles. The van der Waals surface area contributed by atoms with E-state index < -0.39 is 0 Å². The van der Waals surface area contributed by atoms with Gasteiger partial charge in [0.05, 0.1) is 12.6 Å². The monoisotopic (exact) mass is 375 g/mol. The fourth-order valence-corrected chi connectivity index (χ4v) is 4.80. The fraction of sp³-hybridized carbons (Fsp3) is 0.462. The van der Waals surface area contributed by atoms with Gasteiger partial charge in [0.1, 0.15) is 5.75 Å². The van der Waals surface area contributed by atoms with Gasteiger partial charge in [-0.05, 0) is 60.6 Å². The third-order valence-corrected chi connectivity index (χ3v) is 6.37. The average molecular weight is 376 g/mol. The molecule has 1 N–H and O–H groups in total. The van der Waals surface area contributed by atoms with E-state index >= 15 is 0 Å². The van der Waals surface area contributed by atoms with Gasteiger partial charge in [0.25, 0.3) is 0 Å². The van der Waals surface area contributed by atoms with E-state index in [1.54, 1.807) is 0 Å². The topological polar surface area (TPSA) is 21.3 Å². The second-order valence-electron chi connectivity index (χ2n) is 8.34. The van der Waals surface area contributed by atoms with Gasteiger partial charge >= 0.3 is 0 Å². The van der Waals surface area contributed by atoms with Crippen molar-refractivity contribution in [3.8, 4) is 5.75 Å². The van der Waals surface area contributed by atoms with Gasteiger partial charge in [-0.1, -0.05) is 69.0 Å². The maximum Gasteiger partial charge on any atom is 0.119 e. The maximum atomic E-state index is 6.08. The van der Waals surface area contributed by atoms with E-state index in [9.17, 15) is 0 Å². The summed E-state index contributed by atoms with van der Waals surface area (Å²) in [6, 6.07) is 15.8. The molecule has 1 aliphatic carbocycles. The van der Waals surface area contributed by atoms with Crippen LogP contribution in [0.4, 0.5) is 5.69 Å². The first-order chi connectivity index (χ1) is 13.8. The lowest BCUT2D eigenvalue weighted by Crippen LogP contribution is -2.29. The lowest BCUT2D eigenvalue weighted by molar-refractivity contribution is 0.303. The number of hydrogen-bond acceptors (Lipinski definition) is 2. The zero-order valence-electron chi connectivity index (χ0n) is 17.3. The molecule has 0 bridgehead atoms. The standard InChI is InChI=1S/C26H33NO/c1-3-4-5-6-9-17-28-20-15-16-25-24(18-20)22-13-10-14-23(22)26(27-25)21-12-8-7-11-19(21)2/h7-8,10-13,15-16,18,22-23,26-27H,3-6,9,14,17H2,1-2H3. The molecule has 2 nitrogen and oxygen atoms in total. The lowest BCUT2D eigenvalue weighted by atomic mass is 9.76. The van der Waals surface area contributed by atoms with Crippen LogP contribution in [0, 0.1) is 12.8 Å². The van der Waals surface area contributed by atoms with E-state index in [1.807, 2.05) is 0 Å². The van der Waals surface area contributed by atoms with Crippen LogP contribution in [0.3, 0.4) is 0 Å². The number of benzene rings is 2. The van der Waals surface area contributed by atoms with Gasteiger partial charge in [-0.15, -0.1) is 0 Å². The minimum absolute atomic E-state index is 0.374. The average Bonchev–Trinajstić information content (AvgIpc) is 3.21. The first-order valence-electron chi connectivity index (χ1n) is 11.0. The summed E-state index contributed by atoms with van der Waals surface area (Å²) in [4.78, 5) is 0. The number of unbranched alkanes of at least 4 members (excludes halogenated alkanes) is 4. The van der Waals surface area contributed by atoms with Gasteiger partial charge in [0, 0.05) is 11.6 Å². The summed E-state index contributed by atoms with van der Waals surface area (Å²) >= 11 is 0. The summed E-state index contributed by atoms with van der Waals surface area (Å²) in [5.74, 6) is 2.08. The van der Waals surface area contributed by atoms with Gasteiger partial charge in [-0.2, -0.15) is 0 Å². The van der Waals surface area contributed by atoms with Crippen molar-refractivity contribution in [2.24, 2.45) is 5.92 Å². The Morgan fingerprint density at radius 3 is 2.71 bits per heavy atom. The van der Waals surface area contributed by atoms with Crippen LogP contribution < -0.4 is 10.1 Å². The molecule has 148 valence electrons. The molecule has 0 saturated heterocycles. The number of rotatable bonds is 8.